The summed E-state index contributed by atoms with van der Waals surface area (Å²) in [6.45, 7) is 1.77. The van der Waals surface area contributed by atoms with E-state index in [1.165, 1.54) is 5.01 Å². The minimum absolute atomic E-state index is 0.155. The molecule has 1 amide bonds. The highest BCUT2D eigenvalue weighted by Crippen LogP contribution is 2.23. The summed E-state index contributed by atoms with van der Waals surface area (Å²) in [6, 6.07) is 4.94. The van der Waals surface area contributed by atoms with E-state index in [9.17, 15) is 4.79 Å². The lowest BCUT2D eigenvalue weighted by Crippen LogP contribution is -2.32. The van der Waals surface area contributed by atoms with Crippen LogP contribution in [0.15, 0.2) is 23.3 Å². The fourth-order valence-corrected chi connectivity index (χ4v) is 2.30. The molecule has 1 aromatic rings. The van der Waals surface area contributed by atoms with Crippen LogP contribution in [0.1, 0.15) is 13.3 Å². The number of anilines is 1. The van der Waals surface area contributed by atoms with Crippen LogP contribution in [0.5, 0.6) is 0 Å². The van der Waals surface area contributed by atoms with Crippen LogP contribution in [-0.4, -0.2) is 21.7 Å². The fraction of sp³-hybridized carbons (Fsp3) is 0.182. The maximum atomic E-state index is 11.6. The zero-order chi connectivity index (χ0) is 13.3. The molecule has 1 aromatic carbocycles. The zero-order valence-corrected chi connectivity index (χ0v) is 11.7. The highest BCUT2D eigenvalue weighted by atomic mass is 35.5. The first-order chi connectivity index (χ1) is 8.45. The van der Waals surface area contributed by atoms with Crippen molar-refractivity contribution in [1.29, 1.82) is 0 Å². The minimum Gasteiger partial charge on any atom is -0.331 e. The molecule has 0 spiro atoms. The number of benzene rings is 1. The first-order valence-electron chi connectivity index (χ1n) is 5.10. The van der Waals surface area contributed by atoms with Gasteiger partial charge in [-0.1, -0.05) is 23.2 Å². The molecule has 1 N–H and O–H groups in total. The Morgan fingerprint density at radius 1 is 1.39 bits per heavy atom. The molecule has 0 radical (unpaired) electrons. The number of nitrogens with one attached hydrogen (secondary N) is 1. The average molecular weight is 302 g/mol. The number of hydrazone groups is 1. The van der Waals surface area contributed by atoms with Crippen LogP contribution in [-0.2, 0) is 4.79 Å². The molecule has 1 aliphatic rings. The predicted molar refractivity (Wildman–Crippen MR) is 77.3 cm³/mol. The van der Waals surface area contributed by atoms with Crippen molar-refractivity contribution in [2.24, 2.45) is 5.10 Å². The summed E-state index contributed by atoms with van der Waals surface area (Å²) in [5.41, 5.74) is 1.35. The Labute approximate surface area is 120 Å². The van der Waals surface area contributed by atoms with Crippen LogP contribution in [0.4, 0.5) is 5.69 Å². The second-order valence-corrected chi connectivity index (χ2v) is 5.07. The molecule has 0 aliphatic carbocycles. The van der Waals surface area contributed by atoms with E-state index < -0.39 is 0 Å². The molecule has 4 nitrogen and oxygen atoms in total. The quantitative estimate of drug-likeness (QED) is 0.810. The van der Waals surface area contributed by atoms with Gasteiger partial charge in [0.1, 0.15) is 0 Å². The second kappa shape index (κ2) is 5.22. The SMILES string of the molecule is CC1=NN(C(=S)Nc2cc(Cl)cc(Cl)c2)C(=O)C1. The lowest BCUT2D eigenvalue weighted by molar-refractivity contribution is -0.124. The van der Waals surface area contributed by atoms with E-state index >= 15 is 0 Å². The van der Waals surface area contributed by atoms with Crippen molar-refractivity contribution in [1.82, 2.24) is 5.01 Å². The van der Waals surface area contributed by atoms with Crippen molar-refractivity contribution in [3.8, 4) is 0 Å². The number of nitrogens with zero attached hydrogens (tertiary/aromatic N) is 2. The lowest BCUT2D eigenvalue weighted by atomic mass is 10.3. The second-order valence-electron chi connectivity index (χ2n) is 3.81. The van der Waals surface area contributed by atoms with Gasteiger partial charge < -0.3 is 5.32 Å². The summed E-state index contributed by atoms with van der Waals surface area (Å²) in [6.07, 6.45) is 0.290. The Kier molecular flexibility index (Phi) is 3.85. The minimum atomic E-state index is -0.155. The summed E-state index contributed by atoms with van der Waals surface area (Å²) < 4.78 is 0. The highest BCUT2D eigenvalue weighted by Gasteiger charge is 2.24. The first-order valence-corrected chi connectivity index (χ1v) is 6.26. The molecule has 0 unspecified atom stereocenters. The van der Waals surface area contributed by atoms with Crippen molar-refractivity contribution in [3.63, 3.8) is 0 Å². The van der Waals surface area contributed by atoms with Crippen molar-refractivity contribution in [2.75, 3.05) is 5.32 Å². The van der Waals surface area contributed by atoms with E-state index in [4.69, 9.17) is 35.4 Å². The molecule has 1 heterocycles. The van der Waals surface area contributed by atoms with Gasteiger partial charge in [-0.05, 0) is 37.3 Å². The molecule has 0 aromatic heterocycles. The molecule has 0 atom stereocenters. The van der Waals surface area contributed by atoms with Gasteiger partial charge in [0, 0.05) is 21.4 Å². The lowest BCUT2D eigenvalue weighted by Gasteiger charge is -2.15. The highest BCUT2D eigenvalue weighted by molar-refractivity contribution is 7.80. The average Bonchev–Trinajstić information content (AvgIpc) is 2.56. The first kappa shape index (κ1) is 13.3. The summed E-state index contributed by atoms with van der Waals surface area (Å²) in [5.74, 6) is -0.155. The van der Waals surface area contributed by atoms with Crippen LogP contribution in [0.25, 0.3) is 0 Å². The van der Waals surface area contributed by atoms with Gasteiger partial charge in [0.25, 0.3) is 5.91 Å². The molecule has 94 valence electrons. The number of halogens is 2. The largest absolute Gasteiger partial charge is 0.331 e. The summed E-state index contributed by atoms with van der Waals surface area (Å²) in [4.78, 5) is 11.6. The Morgan fingerprint density at radius 3 is 2.50 bits per heavy atom. The van der Waals surface area contributed by atoms with Crippen molar-refractivity contribution in [2.45, 2.75) is 13.3 Å². The monoisotopic (exact) mass is 301 g/mol. The molecule has 7 heteroatoms. The smallest absolute Gasteiger partial charge is 0.255 e. The molecule has 0 fully saturated rings. The van der Waals surface area contributed by atoms with E-state index in [2.05, 4.69) is 10.4 Å². The number of carbonyl (C=O) groups excluding carboxylic acids is 1. The summed E-state index contributed by atoms with van der Waals surface area (Å²) in [5, 5.41) is 9.26. The number of hydrogen-bond acceptors (Lipinski definition) is 3. The fourth-order valence-electron chi connectivity index (χ4n) is 1.52. The molecule has 18 heavy (non-hydrogen) atoms. The Balaban J connectivity index is 2.14. The van der Waals surface area contributed by atoms with Gasteiger partial charge in [0.05, 0.1) is 6.42 Å². The molecule has 0 saturated heterocycles. The molecule has 2 rings (SSSR count). The molecule has 1 aliphatic heterocycles. The van der Waals surface area contributed by atoms with Gasteiger partial charge in [0.15, 0.2) is 0 Å². The zero-order valence-electron chi connectivity index (χ0n) is 9.41. The number of thiocarbonyl (C=S) groups is 1. The molecule has 0 saturated carbocycles. The molecular formula is C11H9Cl2N3OS. The van der Waals surface area contributed by atoms with E-state index in [-0.39, 0.29) is 17.4 Å². The third-order valence-corrected chi connectivity index (χ3v) is 2.93. The topological polar surface area (TPSA) is 44.7 Å². The van der Waals surface area contributed by atoms with E-state index in [1.807, 2.05) is 0 Å². The van der Waals surface area contributed by atoms with Crippen LogP contribution < -0.4 is 5.32 Å². The van der Waals surface area contributed by atoms with Crippen LogP contribution in [0.2, 0.25) is 10.0 Å². The van der Waals surface area contributed by atoms with Crippen molar-refractivity contribution >= 4 is 57.8 Å². The number of hydrogen-bond donors (Lipinski definition) is 1. The Hall–Kier alpha value is -1.17. The van der Waals surface area contributed by atoms with Crippen LogP contribution >= 0.6 is 35.4 Å². The maximum absolute atomic E-state index is 11.6. The van der Waals surface area contributed by atoms with Crippen LogP contribution in [0, 0.1) is 0 Å². The third-order valence-electron chi connectivity index (χ3n) is 2.22. The molecule has 0 bridgehead atoms. The van der Waals surface area contributed by atoms with Crippen molar-refractivity contribution < 1.29 is 4.79 Å². The van der Waals surface area contributed by atoms with Gasteiger partial charge in [-0.2, -0.15) is 10.1 Å². The summed E-state index contributed by atoms with van der Waals surface area (Å²) >= 11 is 16.9. The predicted octanol–water partition coefficient (Wildman–Crippen LogP) is 3.30. The van der Waals surface area contributed by atoms with E-state index in [0.717, 1.165) is 5.71 Å². The number of rotatable bonds is 1. The van der Waals surface area contributed by atoms with E-state index in [0.29, 0.717) is 15.7 Å². The Bertz CT molecular complexity index is 539. The number of carbonyl (C=O) groups is 1. The normalized spacial score (nSPS) is 14.7. The van der Waals surface area contributed by atoms with Gasteiger partial charge in [0.2, 0.25) is 5.11 Å². The Morgan fingerprint density at radius 2 is 2.00 bits per heavy atom. The summed E-state index contributed by atoms with van der Waals surface area (Å²) in [7, 11) is 0. The van der Waals surface area contributed by atoms with Gasteiger partial charge in [-0.3, -0.25) is 4.79 Å². The standard InChI is InChI=1S/C11H9Cl2N3OS/c1-6-2-10(17)16(15-6)11(18)14-9-4-7(12)3-8(13)5-9/h3-5H,2H2,1H3,(H,14,18). The van der Waals surface area contributed by atoms with Crippen molar-refractivity contribution in [3.05, 3.63) is 28.2 Å². The number of amides is 1. The van der Waals surface area contributed by atoms with Crippen LogP contribution in [0.3, 0.4) is 0 Å². The van der Waals surface area contributed by atoms with Gasteiger partial charge in [-0.25, -0.2) is 0 Å². The maximum Gasteiger partial charge on any atom is 0.255 e. The van der Waals surface area contributed by atoms with E-state index in [1.54, 1.807) is 25.1 Å². The van der Waals surface area contributed by atoms with Gasteiger partial charge >= 0.3 is 0 Å². The third kappa shape index (κ3) is 2.98. The molecular weight excluding hydrogens is 293 g/mol. The van der Waals surface area contributed by atoms with Gasteiger partial charge in [-0.15, -0.1) is 0 Å².